The molecule has 4 rings (SSSR count). The zero-order valence-electron chi connectivity index (χ0n) is 24.3. The maximum Gasteiger partial charge on any atom is 0.303 e. The molecule has 41 heavy (non-hydrogen) atoms. The molecular formula is C32H38BrNO6Si. The molecule has 1 aromatic heterocycles. The molecule has 0 bridgehead atoms. The van der Waals surface area contributed by atoms with Crippen molar-refractivity contribution in [3.05, 3.63) is 87.3 Å². The highest BCUT2D eigenvalue weighted by molar-refractivity contribution is 9.10. The maximum atomic E-state index is 13.6. The second-order valence-corrected chi connectivity index (χ2v) is 16.5. The van der Waals surface area contributed by atoms with Crippen LogP contribution in [0.5, 0.6) is 5.75 Å². The number of nitrogens with zero attached hydrogens (tertiary/aromatic N) is 1. The third-order valence-corrected chi connectivity index (χ3v) is 13.7. The van der Waals surface area contributed by atoms with Crippen molar-refractivity contribution in [2.24, 2.45) is 5.41 Å². The summed E-state index contributed by atoms with van der Waals surface area (Å²) in [7, 11) is -1.76. The molecule has 0 aliphatic carbocycles. The smallest absolute Gasteiger partial charge is 0.303 e. The Bertz CT molecular complexity index is 1430. The fourth-order valence-electron chi connectivity index (χ4n) is 6.17. The molecule has 0 spiro atoms. The number of ether oxygens (including phenoxy) is 2. The highest BCUT2D eigenvalue weighted by Gasteiger charge is 2.51. The molecule has 1 N–H and O–H groups in total. The van der Waals surface area contributed by atoms with Gasteiger partial charge in [0.15, 0.2) is 17.6 Å². The Kier molecular flexibility index (Phi) is 9.11. The van der Waals surface area contributed by atoms with Crippen molar-refractivity contribution in [1.29, 1.82) is 0 Å². The van der Waals surface area contributed by atoms with Gasteiger partial charge in [0, 0.05) is 13.1 Å². The molecule has 2 unspecified atom stereocenters. The van der Waals surface area contributed by atoms with E-state index in [9.17, 15) is 19.2 Å². The molecule has 218 valence electrons. The van der Waals surface area contributed by atoms with Gasteiger partial charge in [-0.15, -0.1) is 0 Å². The summed E-state index contributed by atoms with van der Waals surface area (Å²) in [5.41, 5.74) is -1.01. The molecule has 7 nitrogen and oxygen atoms in total. The maximum absolute atomic E-state index is 13.6. The number of methoxy groups -OCH3 is 1. The summed E-state index contributed by atoms with van der Waals surface area (Å²) in [5, 5.41) is 1.50. The van der Waals surface area contributed by atoms with Gasteiger partial charge in [0.25, 0.3) is 8.32 Å². The van der Waals surface area contributed by atoms with Crippen molar-refractivity contribution >= 4 is 46.4 Å². The molecule has 0 amide bonds. The fourth-order valence-corrected chi connectivity index (χ4v) is 10.4. The second-order valence-electron chi connectivity index (χ2n) is 11.7. The third kappa shape index (κ3) is 5.72. The molecule has 0 saturated carbocycles. The van der Waals surface area contributed by atoms with Crippen LogP contribution < -0.4 is 20.5 Å². The minimum atomic E-state index is -3.15. The number of halogens is 1. The minimum absolute atomic E-state index is 0.0407. The normalized spacial score (nSPS) is 19.0. The number of ketones is 1. The number of carbonyl (C=O) groups excluding carboxylic acids is 2. The van der Waals surface area contributed by atoms with Gasteiger partial charge in [-0.25, -0.2) is 0 Å². The monoisotopic (exact) mass is 639 g/mol. The van der Waals surface area contributed by atoms with Crippen LogP contribution in [-0.2, 0) is 20.9 Å². The Hall–Kier alpha value is -3.01. The van der Waals surface area contributed by atoms with Gasteiger partial charge in [-0.1, -0.05) is 87.4 Å². The summed E-state index contributed by atoms with van der Waals surface area (Å²) in [5.74, 6) is -0.553. The van der Waals surface area contributed by atoms with Crippen molar-refractivity contribution in [1.82, 2.24) is 4.57 Å². The van der Waals surface area contributed by atoms with E-state index in [0.717, 1.165) is 23.2 Å². The lowest BCUT2D eigenvalue weighted by atomic mass is 9.71. The van der Waals surface area contributed by atoms with E-state index in [1.807, 2.05) is 67.6 Å². The van der Waals surface area contributed by atoms with E-state index in [-0.39, 0.29) is 28.0 Å². The predicted octanol–water partition coefficient (Wildman–Crippen LogP) is 4.91. The Balaban J connectivity index is 1.60. The van der Waals surface area contributed by atoms with Gasteiger partial charge >= 0.3 is 5.97 Å². The molecule has 0 saturated heterocycles. The van der Waals surface area contributed by atoms with Gasteiger partial charge in [0.1, 0.15) is 5.69 Å². The minimum Gasteiger partial charge on any atom is -0.491 e. The number of Topliss-reactive ketones (excluding diaryl/α,β-unsaturated/α-hetero) is 1. The molecule has 1 aliphatic rings. The highest BCUT2D eigenvalue weighted by Crippen LogP contribution is 2.48. The van der Waals surface area contributed by atoms with Crippen molar-refractivity contribution in [2.75, 3.05) is 7.11 Å². The molecule has 1 aliphatic heterocycles. The standard InChI is InChI=1S/C32H38BrNO6Si/c1-22(35)40-30-27-29(39-5)28(37)25(33)20-34(27)21-26(36)32(30,4)19-13-12-18-31(2,3)41(38,23-14-8-6-9-15-23)24-16-10-7-11-17-24/h6-11,14-17,20,30,38H,12-13,18-19,21H2,1-5H3. The Morgan fingerprint density at radius 3 is 2.15 bits per heavy atom. The van der Waals surface area contributed by atoms with Crippen LogP contribution in [0.3, 0.4) is 0 Å². The first-order valence-corrected chi connectivity index (χ1v) is 16.6. The van der Waals surface area contributed by atoms with E-state index >= 15 is 0 Å². The first kappa shape index (κ1) is 30.9. The van der Waals surface area contributed by atoms with E-state index in [2.05, 4.69) is 29.8 Å². The Morgan fingerprint density at radius 1 is 1.07 bits per heavy atom. The number of esters is 1. The topological polar surface area (TPSA) is 94.8 Å². The number of rotatable bonds is 10. The number of hydrogen-bond donors (Lipinski definition) is 1. The molecule has 0 fully saturated rings. The van der Waals surface area contributed by atoms with Gasteiger partial charge in [-0.3, -0.25) is 14.4 Å². The zero-order chi connectivity index (χ0) is 30.0. The molecule has 3 aromatic rings. The Labute approximate surface area is 250 Å². The van der Waals surface area contributed by atoms with E-state index in [4.69, 9.17) is 9.47 Å². The lowest BCUT2D eigenvalue weighted by Crippen LogP contribution is -2.65. The molecule has 2 atom stereocenters. The molecular weight excluding hydrogens is 602 g/mol. The SMILES string of the molecule is COc1c2n(cc(Br)c1=O)CC(=O)C(C)(CCCCC(C)(C)[Si](O)(c1ccccc1)c1ccccc1)C2OC(C)=O. The average molecular weight is 641 g/mol. The van der Waals surface area contributed by atoms with Crippen LogP contribution in [-0.4, -0.2) is 36.5 Å². The summed E-state index contributed by atoms with van der Waals surface area (Å²) in [6, 6.07) is 19.8. The van der Waals surface area contributed by atoms with Gasteiger partial charge in [-0.2, -0.15) is 0 Å². The van der Waals surface area contributed by atoms with Gasteiger partial charge in [0.05, 0.1) is 23.5 Å². The van der Waals surface area contributed by atoms with Crippen molar-refractivity contribution in [3.63, 3.8) is 0 Å². The molecule has 2 heterocycles. The number of unbranched alkanes of at least 4 members (excludes halogenated alkanes) is 1. The van der Waals surface area contributed by atoms with Crippen LogP contribution in [0, 0.1) is 5.41 Å². The summed E-state index contributed by atoms with van der Waals surface area (Å²) >= 11 is 3.26. The first-order valence-electron chi connectivity index (χ1n) is 13.9. The zero-order valence-corrected chi connectivity index (χ0v) is 26.9. The van der Waals surface area contributed by atoms with Crippen molar-refractivity contribution in [3.8, 4) is 5.75 Å². The van der Waals surface area contributed by atoms with E-state index in [1.54, 1.807) is 10.8 Å². The Morgan fingerprint density at radius 2 is 1.63 bits per heavy atom. The summed E-state index contributed by atoms with van der Waals surface area (Å²) in [6.07, 6.45) is 3.18. The number of pyridine rings is 1. The summed E-state index contributed by atoms with van der Waals surface area (Å²) in [6.45, 7) is 7.40. The van der Waals surface area contributed by atoms with Crippen LogP contribution in [0.15, 0.2) is 76.1 Å². The molecule has 2 aromatic carbocycles. The van der Waals surface area contributed by atoms with Crippen molar-refractivity contribution in [2.45, 2.75) is 71.1 Å². The summed E-state index contributed by atoms with van der Waals surface area (Å²) < 4.78 is 13.1. The lowest BCUT2D eigenvalue weighted by molar-refractivity contribution is -0.162. The lowest BCUT2D eigenvalue weighted by Gasteiger charge is -2.43. The number of hydrogen-bond acceptors (Lipinski definition) is 6. The van der Waals surface area contributed by atoms with Crippen LogP contribution in [0.4, 0.5) is 0 Å². The summed E-state index contributed by atoms with van der Waals surface area (Å²) in [4.78, 5) is 51.1. The van der Waals surface area contributed by atoms with E-state index in [0.29, 0.717) is 18.5 Å². The first-order chi connectivity index (χ1) is 19.4. The van der Waals surface area contributed by atoms with Crippen LogP contribution in [0.25, 0.3) is 0 Å². The largest absolute Gasteiger partial charge is 0.491 e. The third-order valence-electron chi connectivity index (χ3n) is 8.61. The predicted molar refractivity (Wildman–Crippen MR) is 165 cm³/mol. The van der Waals surface area contributed by atoms with Gasteiger partial charge in [0.2, 0.25) is 5.43 Å². The molecule has 0 radical (unpaired) electrons. The number of benzene rings is 2. The van der Waals surface area contributed by atoms with Crippen LogP contribution in [0.1, 0.15) is 65.2 Å². The fraction of sp³-hybridized carbons (Fsp3) is 0.406. The van der Waals surface area contributed by atoms with Crippen molar-refractivity contribution < 1.29 is 23.9 Å². The average Bonchev–Trinajstić information content (AvgIpc) is 2.95. The second kappa shape index (κ2) is 12.1. The molecule has 9 heteroatoms. The van der Waals surface area contributed by atoms with Gasteiger partial charge in [-0.05, 0) is 51.1 Å². The number of carbonyl (C=O) groups is 2. The quantitative estimate of drug-likeness (QED) is 0.193. The number of aromatic nitrogens is 1. The van der Waals surface area contributed by atoms with Gasteiger partial charge < -0.3 is 18.8 Å². The van der Waals surface area contributed by atoms with Crippen LogP contribution >= 0.6 is 15.9 Å². The van der Waals surface area contributed by atoms with E-state index in [1.165, 1.54) is 14.0 Å². The highest BCUT2D eigenvalue weighted by atomic mass is 79.9. The number of fused-ring (bicyclic) bond motifs is 1. The van der Waals surface area contributed by atoms with E-state index < -0.39 is 30.8 Å². The van der Waals surface area contributed by atoms with Crippen LogP contribution in [0.2, 0.25) is 5.04 Å².